The molecule has 1 amide bonds. The van der Waals surface area contributed by atoms with Gasteiger partial charge >= 0.3 is 12.1 Å². The Morgan fingerprint density at radius 2 is 1.87 bits per heavy atom. The number of fused-ring (bicyclic) bond motifs is 2. The number of ether oxygens (including phenoxy) is 4. The van der Waals surface area contributed by atoms with E-state index in [9.17, 15) is 23.6 Å². The minimum absolute atomic E-state index is 0.0838. The van der Waals surface area contributed by atoms with Crippen molar-refractivity contribution < 1.29 is 42.1 Å². The number of benzene rings is 2. The van der Waals surface area contributed by atoms with Gasteiger partial charge in [-0.1, -0.05) is 24.3 Å². The lowest BCUT2D eigenvalue weighted by molar-refractivity contribution is -0.160. The Morgan fingerprint density at radius 1 is 1.09 bits per heavy atom. The van der Waals surface area contributed by atoms with Crippen LogP contribution in [-0.4, -0.2) is 66.6 Å². The fourth-order valence-electron chi connectivity index (χ4n) is 5.22. The van der Waals surface area contributed by atoms with E-state index in [2.05, 4.69) is 15.0 Å². The van der Waals surface area contributed by atoms with Gasteiger partial charge in [0.1, 0.15) is 0 Å². The van der Waals surface area contributed by atoms with E-state index < -0.39 is 58.7 Å². The fraction of sp³-hybridized carbons (Fsp3) is 0.355. The van der Waals surface area contributed by atoms with Crippen molar-refractivity contribution in [3.8, 4) is 5.75 Å². The van der Waals surface area contributed by atoms with Gasteiger partial charge in [-0.05, 0) is 37.1 Å². The highest BCUT2D eigenvalue weighted by atomic mass is 32.2. The second-order valence-corrected chi connectivity index (χ2v) is 11.8. The zero-order valence-corrected chi connectivity index (χ0v) is 25.5. The number of carbonyl (C=O) groups excluding carboxylic acids is 3. The van der Waals surface area contributed by atoms with Gasteiger partial charge in [-0.2, -0.15) is 0 Å². The number of aromatic nitrogens is 1. The first kappa shape index (κ1) is 32.1. The minimum Gasteiger partial charge on any atom is -0.466 e. The van der Waals surface area contributed by atoms with Crippen molar-refractivity contribution in [2.75, 3.05) is 26.9 Å². The maximum atomic E-state index is 15.1. The van der Waals surface area contributed by atoms with E-state index in [-0.39, 0.29) is 36.8 Å². The number of carbonyl (C=O) groups is 3. The normalized spacial score (nSPS) is 18.1. The van der Waals surface area contributed by atoms with Crippen LogP contribution in [0, 0.1) is 11.6 Å². The van der Waals surface area contributed by atoms with Gasteiger partial charge in [-0.3, -0.25) is 14.9 Å². The van der Waals surface area contributed by atoms with E-state index in [1.165, 1.54) is 42.8 Å². The molecule has 1 saturated heterocycles. The van der Waals surface area contributed by atoms with Gasteiger partial charge in [0.25, 0.3) is 5.91 Å². The molecule has 45 heavy (non-hydrogen) atoms. The first-order chi connectivity index (χ1) is 21.5. The SMILES string of the molecule is COC(=O)C(C)(C)OC(=O)Oc1c(C(=O)N2CCOCC[C@H]2N[C@@H]2c3ccccc3SCc3c2ccc(F)c3F)[nH]ccc1=O. The van der Waals surface area contributed by atoms with Gasteiger partial charge in [-0.25, -0.2) is 18.4 Å². The highest BCUT2D eigenvalue weighted by Gasteiger charge is 2.37. The molecule has 0 bridgehead atoms. The molecule has 1 fully saturated rings. The van der Waals surface area contributed by atoms with Crippen molar-refractivity contribution in [2.24, 2.45) is 0 Å². The monoisotopic (exact) mass is 643 g/mol. The molecule has 0 spiro atoms. The number of methoxy groups -OCH3 is 1. The van der Waals surface area contributed by atoms with Crippen LogP contribution in [0.2, 0.25) is 0 Å². The fourth-order valence-corrected chi connectivity index (χ4v) is 6.34. The molecule has 0 unspecified atom stereocenters. The van der Waals surface area contributed by atoms with Crippen LogP contribution in [-0.2, 0) is 24.8 Å². The number of thioether (sulfide) groups is 1. The Balaban J connectivity index is 1.49. The number of halogens is 2. The summed E-state index contributed by atoms with van der Waals surface area (Å²) >= 11 is 1.38. The molecule has 3 aromatic rings. The average molecular weight is 644 g/mol. The largest absolute Gasteiger partial charge is 0.515 e. The standard InChI is InChI=1S/C31H31F2N3O8S/c1-31(2,29(39)41-3)44-30(40)43-27-21(37)10-12-34-26(27)28(38)36-13-15-42-14-11-23(36)35-25-17-8-9-20(32)24(33)19(17)16-45-22-7-5-4-6-18(22)25/h4-10,12,23,25,35H,11,13-16H2,1-3H3,(H,34,37)/t23-,25-/m0/s1. The Bertz CT molecular complexity index is 1680. The zero-order valence-electron chi connectivity index (χ0n) is 24.7. The van der Waals surface area contributed by atoms with Crippen LogP contribution in [0.3, 0.4) is 0 Å². The molecule has 5 rings (SSSR count). The van der Waals surface area contributed by atoms with Crippen molar-refractivity contribution in [3.05, 3.63) is 92.9 Å². The smallest absolute Gasteiger partial charge is 0.466 e. The van der Waals surface area contributed by atoms with E-state index >= 15 is 4.39 Å². The van der Waals surface area contributed by atoms with Gasteiger partial charge < -0.3 is 28.8 Å². The van der Waals surface area contributed by atoms with E-state index in [0.29, 0.717) is 12.0 Å². The van der Waals surface area contributed by atoms with Crippen LogP contribution in [0.4, 0.5) is 13.6 Å². The van der Waals surface area contributed by atoms with E-state index in [1.54, 1.807) is 0 Å². The van der Waals surface area contributed by atoms with Gasteiger partial charge in [-0.15, -0.1) is 11.8 Å². The molecular formula is C31H31F2N3O8S. The molecule has 14 heteroatoms. The predicted octanol–water partition coefficient (Wildman–Crippen LogP) is 4.29. The van der Waals surface area contributed by atoms with Crippen LogP contribution in [0.15, 0.2) is 58.4 Å². The highest BCUT2D eigenvalue weighted by molar-refractivity contribution is 7.98. The minimum atomic E-state index is -1.74. The summed E-state index contributed by atoms with van der Waals surface area (Å²) in [6.07, 6.45) is -0.582. The number of hydrogen-bond acceptors (Lipinski definition) is 10. The third kappa shape index (κ3) is 6.72. The summed E-state index contributed by atoms with van der Waals surface area (Å²) in [7, 11) is 1.12. The van der Waals surface area contributed by atoms with Crippen molar-refractivity contribution in [2.45, 2.75) is 48.7 Å². The van der Waals surface area contributed by atoms with E-state index in [0.717, 1.165) is 29.7 Å². The molecule has 2 aliphatic heterocycles. The van der Waals surface area contributed by atoms with Crippen LogP contribution in [0.25, 0.3) is 0 Å². The molecule has 2 aliphatic rings. The number of nitrogens with one attached hydrogen (secondary N) is 2. The molecule has 2 aromatic carbocycles. The van der Waals surface area contributed by atoms with Crippen molar-refractivity contribution in [1.29, 1.82) is 0 Å². The third-order valence-electron chi connectivity index (χ3n) is 7.48. The number of pyridine rings is 1. The second-order valence-electron chi connectivity index (χ2n) is 10.8. The molecule has 1 aromatic heterocycles. The molecule has 3 heterocycles. The highest BCUT2D eigenvalue weighted by Crippen LogP contribution is 2.41. The Morgan fingerprint density at radius 3 is 2.64 bits per heavy atom. The summed E-state index contributed by atoms with van der Waals surface area (Å²) in [5.41, 5.74) is -1.31. The number of amides is 1. The maximum Gasteiger partial charge on any atom is 0.515 e. The summed E-state index contributed by atoms with van der Waals surface area (Å²) in [4.78, 5) is 56.5. The molecule has 0 saturated carbocycles. The van der Waals surface area contributed by atoms with Crippen LogP contribution in [0.5, 0.6) is 5.75 Å². The Labute approximate surface area is 261 Å². The topological polar surface area (TPSA) is 136 Å². The molecule has 0 radical (unpaired) electrons. The molecule has 2 N–H and O–H groups in total. The molecule has 11 nitrogen and oxygen atoms in total. The van der Waals surface area contributed by atoms with Crippen LogP contribution in [0.1, 0.15) is 53.5 Å². The summed E-state index contributed by atoms with van der Waals surface area (Å²) in [5.74, 6) is -3.86. The molecule has 0 aliphatic carbocycles. The quantitative estimate of drug-likeness (QED) is 0.375. The number of H-pyrrole nitrogens is 1. The van der Waals surface area contributed by atoms with Crippen molar-refractivity contribution >= 4 is 29.8 Å². The lowest BCUT2D eigenvalue weighted by atomic mass is 9.94. The third-order valence-corrected chi connectivity index (χ3v) is 8.60. The second kappa shape index (κ2) is 13.4. The first-order valence-electron chi connectivity index (χ1n) is 14.1. The number of nitrogens with zero attached hydrogens (tertiary/aromatic N) is 1. The van der Waals surface area contributed by atoms with Gasteiger partial charge in [0.2, 0.25) is 16.8 Å². The first-order valence-corrected chi connectivity index (χ1v) is 15.0. The average Bonchev–Trinajstić information content (AvgIpc) is 3.34. The van der Waals surface area contributed by atoms with Gasteiger partial charge in [0, 0.05) is 48.0 Å². The summed E-state index contributed by atoms with van der Waals surface area (Å²) in [6.45, 7) is 3.08. The van der Waals surface area contributed by atoms with Crippen molar-refractivity contribution in [3.63, 3.8) is 0 Å². The zero-order chi connectivity index (χ0) is 32.3. The predicted molar refractivity (Wildman–Crippen MR) is 158 cm³/mol. The van der Waals surface area contributed by atoms with E-state index in [4.69, 9.17) is 14.2 Å². The van der Waals surface area contributed by atoms with Crippen LogP contribution >= 0.6 is 11.8 Å². The van der Waals surface area contributed by atoms with Crippen molar-refractivity contribution in [1.82, 2.24) is 15.2 Å². The molecular weight excluding hydrogens is 612 g/mol. The maximum absolute atomic E-state index is 15.1. The number of hydrogen-bond donors (Lipinski definition) is 2. The number of esters is 1. The Kier molecular flexibility index (Phi) is 9.56. The summed E-state index contributed by atoms with van der Waals surface area (Å²) in [5, 5.41) is 3.47. The molecule has 238 valence electrons. The lowest BCUT2D eigenvalue weighted by Gasteiger charge is -2.34. The van der Waals surface area contributed by atoms with Crippen LogP contribution < -0.4 is 15.5 Å². The number of aromatic amines is 1. The number of rotatable bonds is 6. The summed E-state index contributed by atoms with van der Waals surface area (Å²) < 4.78 is 49.9. The lowest BCUT2D eigenvalue weighted by Crippen LogP contribution is -2.51. The van der Waals surface area contributed by atoms with E-state index in [1.807, 2.05) is 24.3 Å². The summed E-state index contributed by atoms with van der Waals surface area (Å²) in [6, 6.07) is 10.5. The van der Waals surface area contributed by atoms with Gasteiger partial charge in [0.05, 0.1) is 25.9 Å². The Hall–Kier alpha value is -4.27. The molecule has 2 atom stereocenters. The van der Waals surface area contributed by atoms with Gasteiger partial charge in [0.15, 0.2) is 17.3 Å².